The van der Waals surface area contributed by atoms with Crippen LogP contribution in [-0.4, -0.2) is 20.6 Å². The van der Waals surface area contributed by atoms with Crippen molar-refractivity contribution in [3.8, 4) is 0 Å². The third-order valence-corrected chi connectivity index (χ3v) is 5.46. The van der Waals surface area contributed by atoms with Crippen LogP contribution in [0.25, 0.3) is 0 Å². The van der Waals surface area contributed by atoms with Crippen molar-refractivity contribution in [2.45, 2.75) is 37.6 Å². The van der Waals surface area contributed by atoms with Gasteiger partial charge in [0.2, 0.25) is 0 Å². The van der Waals surface area contributed by atoms with Gasteiger partial charge in [0.05, 0.1) is 0 Å². The minimum atomic E-state index is 0.249. The Morgan fingerprint density at radius 1 is 1.21 bits per heavy atom. The van der Waals surface area contributed by atoms with E-state index in [0.29, 0.717) is 0 Å². The predicted octanol–water partition coefficient (Wildman–Crippen LogP) is 2.68. The molecule has 2 aliphatic rings. The van der Waals surface area contributed by atoms with Crippen molar-refractivity contribution in [1.29, 1.82) is 0 Å². The van der Waals surface area contributed by atoms with Crippen LogP contribution in [0.2, 0.25) is 0 Å². The van der Waals surface area contributed by atoms with E-state index in [9.17, 15) is 0 Å². The van der Waals surface area contributed by atoms with Crippen LogP contribution < -0.4 is 10.6 Å². The molecule has 104 valence electrons. The van der Waals surface area contributed by atoms with Gasteiger partial charge in [-0.1, -0.05) is 24.3 Å². The average Bonchev–Trinajstić information content (AvgIpc) is 2.47. The van der Waals surface area contributed by atoms with Gasteiger partial charge in [-0.05, 0) is 75.7 Å². The van der Waals surface area contributed by atoms with Gasteiger partial charge in [-0.15, -0.1) is 0 Å². The molecule has 2 nitrogen and oxygen atoms in total. The van der Waals surface area contributed by atoms with Crippen LogP contribution in [-0.2, 0) is 12.0 Å². The lowest BCUT2D eigenvalue weighted by molar-refractivity contribution is 0.0934. The Bertz CT molecular complexity index is 443. The standard InChI is InChI=1S/C17H26N2/c1-18-12-13-9-10-17(19-2)15(11-13)8-7-14-5-3-4-6-16(14)17/h3-6,13,15,18-19H,7-12H2,1-2H3. The van der Waals surface area contributed by atoms with Gasteiger partial charge < -0.3 is 10.6 Å². The highest BCUT2D eigenvalue weighted by Gasteiger charge is 2.46. The van der Waals surface area contributed by atoms with Crippen LogP contribution in [0.4, 0.5) is 0 Å². The quantitative estimate of drug-likeness (QED) is 0.871. The maximum absolute atomic E-state index is 3.72. The van der Waals surface area contributed by atoms with E-state index in [4.69, 9.17) is 0 Å². The number of rotatable bonds is 3. The molecule has 2 heteroatoms. The highest BCUT2D eigenvalue weighted by atomic mass is 15.0. The van der Waals surface area contributed by atoms with Gasteiger partial charge in [0, 0.05) is 5.54 Å². The molecule has 0 radical (unpaired) electrons. The Hall–Kier alpha value is -0.860. The Morgan fingerprint density at radius 3 is 2.84 bits per heavy atom. The number of benzene rings is 1. The Balaban J connectivity index is 1.92. The van der Waals surface area contributed by atoms with Crippen LogP contribution in [0.3, 0.4) is 0 Å². The lowest BCUT2D eigenvalue weighted by atomic mass is 9.60. The molecule has 2 aliphatic carbocycles. The van der Waals surface area contributed by atoms with Gasteiger partial charge in [0.1, 0.15) is 0 Å². The number of nitrogens with one attached hydrogen (secondary N) is 2. The SMILES string of the molecule is CNCC1CCC2(NC)c3ccccc3CCC2C1. The van der Waals surface area contributed by atoms with Crippen LogP contribution in [0, 0.1) is 11.8 Å². The first-order valence-electron chi connectivity index (χ1n) is 7.72. The molecule has 3 unspecified atom stereocenters. The van der Waals surface area contributed by atoms with Crippen molar-refractivity contribution in [2.75, 3.05) is 20.6 Å². The average molecular weight is 258 g/mol. The zero-order valence-corrected chi connectivity index (χ0v) is 12.2. The fourth-order valence-corrected chi connectivity index (χ4v) is 4.52. The Labute approximate surface area is 117 Å². The molecule has 1 saturated carbocycles. The summed E-state index contributed by atoms with van der Waals surface area (Å²) in [5, 5.41) is 7.08. The summed E-state index contributed by atoms with van der Waals surface area (Å²) < 4.78 is 0. The molecular formula is C17H26N2. The van der Waals surface area contributed by atoms with E-state index in [1.54, 1.807) is 11.1 Å². The Kier molecular flexibility index (Phi) is 3.64. The van der Waals surface area contributed by atoms with Gasteiger partial charge in [0.25, 0.3) is 0 Å². The topological polar surface area (TPSA) is 24.1 Å². The normalized spacial score (nSPS) is 33.6. The molecular weight excluding hydrogens is 232 g/mol. The third kappa shape index (κ3) is 2.11. The molecule has 0 bridgehead atoms. The van der Waals surface area contributed by atoms with Crippen LogP contribution in [0.15, 0.2) is 24.3 Å². The first-order chi connectivity index (χ1) is 9.30. The summed E-state index contributed by atoms with van der Waals surface area (Å²) in [5.74, 6) is 1.67. The molecule has 19 heavy (non-hydrogen) atoms. The second-order valence-corrected chi connectivity index (χ2v) is 6.31. The van der Waals surface area contributed by atoms with E-state index in [2.05, 4.69) is 49.0 Å². The van der Waals surface area contributed by atoms with Crippen molar-refractivity contribution in [3.05, 3.63) is 35.4 Å². The second-order valence-electron chi connectivity index (χ2n) is 6.31. The monoisotopic (exact) mass is 258 g/mol. The molecule has 2 N–H and O–H groups in total. The maximum Gasteiger partial charge on any atom is 0.0463 e. The highest BCUT2D eigenvalue weighted by Crippen LogP contribution is 2.49. The molecule has 3 rings (SSSR count). The number of hydrogen-bond donors (Lipinski definition) is 2. The van der Waals surface area contributed by atoms with Gasteiger partial charge in [-0.2, -0.15) is 0 Å². The summed E-state index contributed by atoms with van der Waals surface area (Å²) in [6.07, 6.45) is 6.61. The molecule has 3 atom stereocenters. The number of fused-ring (bicyclic) bond motifs is 3. The van der Waals surface area contributed by atoms with Gasteiger partial charge in [-0.3, -0.25) is 0 Å². The minimum absolute atomic E-state index is 0.249. The molecule has 0 amide bonds. The largest absolute Gasteiger partial charge is 0.319 e. The van der Waals surface area contributed by atoms with E-state index in [1.807, 2.05) is 0 Å². The summed E-state index contributed by atoms with van der Waals surface area (Å²) in [6, 6.07) is 9.08. The minimum Gasteiger partial charge on any atom is -0.319 e. The molecule has 1 fully saturated rings. The van der Waals surface area contributed by atoms with E-state index >= 15 is 0 Å². The first kappa shape index (κ1) is 13.1. The third-order valence-electron chi connectivity index (χ3n) is 5.46. The summed E-state index contributed by atoms with van der Waals surface area (Å²) in [6.45, 7) is 1.18. The molecule has 1 aromatic rings. The van der Waals surface area contributed by atoms with Crippen LogP contribution >= 0.6 is 0 Å². The maximum atomic E-state index is 3.72. The van der Waals surface area contributed by atoms with Crippen molar-refractivity contribution < 1.29 is 0 Å². The number of aryl methyl sites for hydroxylation is 1. The first-order valence-corrected chi connectivity index (χ1v) is 7.72. The fourth-order valence-electron chi connectivity index (χ4n) is 4.52. The molecule has 0 aromatic heterocycles. The van der Waals surface area contributed by atoms with Crippen molar-refractivity contribution in [2.24, 2.45) is 11.8 Å². The summed E-state index contributed by atoms with van der Waals surface area (Å²) >= 11 is 0. The Morgan fingerprint density at radius 2 is 2.05 bits per heavy atom. The predicted molar refractivity (Wildman–Crippen MR) is 80.3 cm³/mol. The molecule has 0 saturated heterocycles. The number of hydrogen-bond acceptors (Lipinski definition) is 2. The van der Waals surface area contributed by atoms with E-state index in [1.165, 1.54) is 38.6 Å². The summed E-state index contributed by atoms with van der Waals surface area (Å²) in [5.41, 5.74) is 3.40. The summed E-state index contributed by atoms with van der Waals surface area (Å²) in [7, 11) is 4.24. The molecule has 0 heterocycles. The van der Waals surface area contributed by atoms with Gasteiger partial charge >= 0.3 is 0 Å². The van der Waals surface area contributed by atoms with Crippen molar-refractivity contribution in [1.82, 2.24) is 10.6 Å². The van der Waals surface area contributed by atoms with E-state index in [-0.39, 0.29) is 5.54 Å². The van der Waals surface area contributed by atoms with Crippen molar-refractivity contribution in [3.63, 3.8) is 0 Å². The second kappa shape index (κ2) is 5.26. The molecule has 0 aliphatic heterocycles. The zero-order valence-electron chi connectivity index (χ0n) is 12.2. The van der Waals surface area contributed by atoms with E-state index in [0.717, 1.165) is 11.8 Å². The summed E-state index contributed by atoms with van der Waals surface area (Å²) in [4.78, 5) is 0. The van der Waals surface area contributed by atoms with Crippen molar-refractivity contribution >= 4 is 0 Å². The molecule has 1 aromatic carbocycles. The van der Waals surface area contributed by atoms with Gasteiger partial charge in [-0.25, -0.2) is 0 Å². The smallest absolute Gasteiger partial charge is 0.0463 e. The van der Waals surface area contributed by atoms with Crippen LogP contribution in [0.5, 0.6) is 0 Å². The molecule has 0 spiro atoms. The van der Waals surface area contributed by atoms with E-state index < -0.39 is 0 Å². The lowest BCUT2D eigenvalue weighted by Gasteiger charge is -2.50. The fraction of sp³-hybridized carbons (Fsp3) is 0.647. The van der Waals surface area contributed by atoms with Crippen LogP contribution in [0.1, 0.15) is 36.8 Å². The lowest BCUT2D eigenvalue weighted by Crippen LogP contribution is -2.53. The van der Waals surface area contributed by atoms with Gasteiger partial charge in [0.15, 0.2) is 0 Å². The highest BCUT2D eigenvalue weighted by molar-refractivity contribution is 5.37. The zero-order chi connectivity index (χ0) is 13.3.